The lowest BCUT2D eigenvalue weighted by Crippen LogP contribution is -2.30. The van der Waals surface area contributed by atoms with Gasteiger partial charge in [-0.3, -0.25) is 0 Å². The van der Waals surface area contributed by atoms with Crippen LogP contribution in [0, 0.1) is 6.92 Å². The van der Waals surface area contributed by atoms with Crippen LogP contribution in [-0.4, -0.2) is 6.54 Å². The highest BCUT2D eigenvalue weighted by atomic mass is 15.1. The summed E-state index contributed by atoms with van der Waals surface area (Å²) in [5, 5.41) is 0. The first-order valence-corrected chi connectivity index (χ1v) is 6.42. The summed E-state index contributed by atoms with van der Waals surface area (Å²) in [6.07, 6.45) is 1.10. The molecule has 0 unspecified atom stereocenters. The molecule has 0 aromatic heterocycles. The molecular formula is C16H18N2. The number of hydrogen-bond donors (Lipinski definition) is 1. The van der Waals surface area contributed by atoms with E-state index >= 15 is 0 Å². The Kier molecular flexibility index (Phi) is 2.71. The van der Waals surface area contributed by atoms with E-state index in [0.717, 1.165) is 25.2 Å². The molecule has 0 amide bonds. The van der Waals surface area contributed by atoms with Gasteiger partial charge in [-0.2, -0.15) is 0 Å². The Hall–Kier alpha value is -1.96. The number of nitrogen functional groups attached to an aromatic ring is 1. The lowest BCUT2D eigenvalue weighted by Gasteiger charge is -2.31. The van der Waals surface area contributed by atoms with Crippen LogP contribution in [0.2, 0.25) is 0 Å². The molecule has 92 valence electrons. The first kappa shape index (κ1) is 11.1. The summed E-state index contributed by atoms with van der Waals surface area (Å²) >= 11 is 0. The van der Waals surface area contributed by atoms with Crippen LogP contribution in [0.5, 0.6) is 0 Å². The average Bonchev–Trinajstić information content (AvgIpc) is 2.41. The van der Waals surface area contributed by atoms with Gasteiger partial charge in [0.25, 0.3) is 0 Å². The standard InChI is InChI=1S/C16H18N2/c1-12-6-7-15(17)16(10-12)18-9-8-13-4-2-3-5-14(13)11-18/h2-7,10H,8-9,11,17H2,1H3. The maximum Gasteiger partial charge on any atom is 0.0605 e. The third-order valence-corrected chi connectivity index (χ3v) is 3.66. The molecule has 2 aromatic carbocycles. The van der Waals surface area contributed by atoms with E-state index < -0.39 is 0 Å². The molecule has 0 atom stereocenters. The van der Waals surface area contributed by atoms with E-state index in [-0.39, 0.29) is 0 Å². The molecule has 0 saturated carbocycles. The third-order valence-electron chi connectivity index (χ3n) is 3.66. The van der Waals surface area contributed by atoms with Crippen LogP contribution < -0.4 is 10.6 Å². The fraction of sp³-hybridized carbons (Fsp3) is 0.250. The number of nitrogens with zero attached hydrogens (tertiary/aromatic N) is 1. The summed E-state index contributed by atoms with van der Waals surface area (Å²) in [4.78, 5) is 2.38. The fourth-order valence-corrected chi connectivity index (χ4v) is 2.63. The van der Waals surface area contributed by atoms with Gasteiger partial charge in [-0.1, -0.05) is 30.3 Å². The first-order chi connectivity index (χ1) is 8.74. The highest BCUT2D eigenvalue weighted by molar-refractivity contribution is 5.69. The Balaban J connectivity index is 1.94. The minimum absolute atomic E-state index is 0.875. The highest BCUT2D eigenvalue weighted by Gasteiger charge is 2.17. The quantitative estimate of drug-likeness (QED) is 0.773. The molecule has 2 aromatic rings. The van der Waals surface area contributed by atoms with Gasteiger partial charge in [0.1, 0.15) is 0 Å². The topological polar surface area (TPSA) is 29.3 Å². The van der Waals surface area contributed by atoms with Crippen molar-refractivity contribution < 1.29 is 0 Å². The van der Waals surface area contributed by atoms with Gasteiger partial charge in [0.2, 0.25) is 0 Å². The molecule has 1 aliphatic heterocycles. The molecule has 0 aliphatic carbocycles. The monoisotopic (exact) mass is 238 g/mol. The van der Waals surface area contributed by atoms with Crippen LogP contribution in [0.3, 0.4) is 0 Å². The molecule has 0 spiro atoms. The predicted octanol–water partition coefficient (Wildman–Crippen LogP) is 3.14. The number of hydrogen-bond acceptors (Lipinski definition) is 2. The van der Waals surface area contributed by atoms with Crippen molar-refractivity contribution in [1.82, 2.24) is 0 Å². The first-order valence-electron chi connectivity index (χ1n) is 6.42. The zero-order valence-electron chi connectivity index (χ0n) is 10.7. The molecule has 1 aliphatic rings. The van der Waals surface area contributed by atoms with E-state index in [1.54, 1.807) is 0 Å². The van der Waals surface area contributed by atoms with Gasteiger partial charge in [0.05, 0.1) is 11.4 Å². The number of benzene rings is 2. The van der Waals surface area contributed by atoms with Crippen LogP contribution in [0.15, 0.2) is 42.5 Å². The molecule has 0 saturated heterocycles. The van der Waals surface area contributed by atoms with E-state index in [1.807, 2.05) is 6.07 Å². The lowest BCUT2D eigenvalue weighted by molar-refractivity contribution is 0.732. The van der Waals surface area contributed by atoms with Gasteiger partial charge in [-0.05, 0) is 42.2 Å². The van der Waals surface area contributed by atoms with Crippen LogP contribution >= 0.6 is 0 Å². The molecule has 0 radical (unpaired) electrons. The van der Waals surface area contributed by atoms with Gasteiger partial charge < -0.3 is 10.6 Å². The van der Waals surface area contributed by atoms with Crippen molar-refractivity contribution in [2.45, 2.75) is 19.9 Å². The third kappa shape index (κ3) is 1.94. The second kappa shape index (κ2) is 4.37. The molecule has 2 N–H and O–H groups in total. The fourth-order valence-electron chi connectivity index (χ4n) is 2.63. The van der Waals surface area contributed by atoms with E-state index in [2.05, 4.69) is 48.2 Å². The van der Waals surface area contributed by atoms with Crippen LogP contribution in [-0.2, 0) is 13.0 Å². The maximum atomic E-state index is 6.10. The van der Waals surface area contributed by atoms with Crippen LogP contribution in [0.25, 0.3) is 0 Å². The minimum Gasteiger partial charge on any atom is -0.397 e. The van der Waals surface area contributed by atoms with E-state index in [0.29, 0.717) is 0 Å². The molecule has 0 bridgehead atoms. The molecule has 0 fully saturated rings. The summed E-state index contributed by atoms with van der Waals surface area (Å²) in [7, 11) is 0. The van der Waals surface area contributed by atoms with Crippen molar-refractivity contribution >= 4 is 11.4 Å². The lowest BCUT2D eigenvalue weighted by atomic mass is 9.99. The Labute approximate surface area is 108 Å². The largest absolute Gasteiger partial charge is 0.397 e. The van der Waals surface area contributed by atoms with Gasteiger partial charge in [-0.15, -0.1) is 0 Å². The molecule has 18 heavy (non-hydrogen) atoms. The number of aryl methyl sites for hydroxylation is 1. The zero-order chi connectivity index (χ0) is 12.5. The number of fused-ring (bicyclic) bond motifs is 1. The van der Waals surface area contributed by atoms with Crippen molar-refractivity contribution in [1.29, 1.82) is 0 Å². The smallest absolute Gasteiger partial charge is 0.0605 e. The van der Waals surface area contributed by atoms with Crippen molar-refractivity contribution in [3.8, 4) is 0 Å². The number of rotatable bonds is 1. The summed E-state index contributed by atoms with van der Waals surface area (Å²) < 4.78 is 0. The molecule has 2 nitrogen and oxygen atoms in total. The zero-order valence-corrected chi connectivity index (χ0v) is 10.7. The molecule has 1 heterocycles. The van der Waals surface area contributed by atoms with Crippen LogP contribution in [0.4, 0.5) is 11.4 Å². The van der Waals surface area contributed by atoms with Crippen molar-refractivity contribution in [2.24, 2.45) is 0 Å². The van der Waals surface area contributed by atoms with Gasteiger partial charge in [0, 0.05) is 13.1 Å². The average molecular weight is 238 g/mol. The Morgan fingerprint density at radius 2 is 1.83 bits per heavy atom. The molecule has 2 heteroatoms. The van der Waals surface area contributed by atoms with Gasteiger partial charge in [-0.25, -0.2) is 0 Å². The predicted molar refractivity (Wildman–Crippen MR) is 76.8 cm³/mol. The van der Waals surface area contributed by atoms with E-state index in [9.17, 15) is 0 Å². The summed E-state index contributed by atoms with van der Waals surface area (Å²) in [6, 6.07) is 14.9. The normalized spacial score (nSPS) is 14.4. The highest BCUT2D eigenvalue weighted by Crippen LogP contribution is 2.29. The number of anilines is 2. The van der Waals surface area contributed by atoms with Gasteiger partial charge >= 0.3 is 0 Å². The van der Waals surface area contributed by atoms with Crippen molar-refractivity contribution in [2.75, 3.05) is 17.2 Å². The molecule has 3 rings (SSSR count). The van der Waals surface area contributed by atoms with Crippen molar-refractivity contribution in [3.63, 3.8) is 0 Å². The van der Waals surface area contributed by atoms with Gasteiger partial charge in [0.15, 0.2) is 0 Å². The molecular weight excluding hydrogens is 220 g/mol. The van der Waals surface area contributed by atoms with E-state index in [4.69, 9.17) is 5.73 Å². The van der Waals surface area contributed by atoms with E-state index in [1.165, 1.54) is 22.4 Å². The summed E-state index contributed by atoms with van der Waals surface area (Å²) in [6.45, 7) is 4.12. The maximum absolute atomic E-state index is 6.10. The number of nitrogens with two attached hydrogens (primary N) is 1. The van der Waals surface area contributed by atoms with Crippen molar-refractivity contribution in [3.05, 3.63) is 59.2 Å². The van der Waals surface area contributed by atoms with Crippen LogP contribution in [0.1, 0.15) is 16.7 Å². The second-order valence-electron chi connectivity index (χ2n) is 5.00. The summed E-state index contributed by atoms with van der Waals surface area (Å²) in [5.41, 5.74) is 12.3. The summed E-state index contributed by atoms with van der Waals surface area (Å²) in [5.74, 6) is 0. The minimum atomic E-state index is 0.875. The Bertz CT molecular complexity index is 575. The Morgan fingerprint density at radius 3 is 2.67 bits per heavy atom. The Morgan fingerprint density at radius 1 is 1.06 bits per heavy atom. The second-order valence-corrected chi connectivity index (χ2v) is 5.00. The SMILES string of the molecule is Cc1ccc(N)c(N2CCc3ccccc3C2)c1.